The molecule has 2 N–H and O–H groups in total. The van der Waals surface area contributed by atoms with Crippen LogP contribution in [0, 0.1) is 11.8 Å². The van der Waals surface area contributed by atoms with Crippen molar-refractivity contribution in [3.05, 3.63) is 37.0 Å². The quantitative estimate of drug-likeness (QED) is 0.236. The van der Waals surface area contributed by atoms with E-state index in [4.69, 9.17) is 56.8 Å². The summed E-state index contributed by atoms with van der Waals surface area (Å²) in [5, 5.41) is 21.0. The number of aliphatic hydroxyl groups is 1. The molecule has 0 aromatic rings. The number of hydrogen-bond donors (Lipinski definition) is 2. The van der Waals surface area contributed by atoms with E-state index in [1.807, 2.05) is 20.8 Å². The molecular formula is C47H68O15. The number of hydrogen-bond acceptors (Lipinski definition) is 14. The Morgan fingerprint density at radius 3 is 2.40 bits per heavy atom. The van der Waals surface area contributed by atoms with Crippen molar-refractivity contribution in [3.8, 4) is 0 Å². The lowest BCUT2D eigenvalue weighted by Gasteiger charge is -2.53. The summed E-state index contributed by atoms with van der Waals surface area (Å²) in [6, 6.07) is 0. The topological polar surface area (TPSA) is 168 Å². The summed E-state index contributed by atoms with van der Waals surface area (Å²) in [4.78, 5) is 11.6. The van der Waals surface area contributed by atoms with Gasteiger partial charge >= 0.3 is 5.97 Å². The van der Waals surface area contributed by atoms with E-state index in [9.17, 15) is 15.0 Å². The van der Waals surface area contributed by atoms with Gasteiger partial charge < -0.3 is 67.1 Å². The van der Waals surface area contributed by atoms with Gasteiger partial charge in [-0.15, -0.1) is 6.58 Å². The molecule has 11 heterocycles. The second-order valence-electron chi connectivity index (χ2n) is 20.5. The molecule has 0 saturated carbocycles. The molecule has 11 rings (SSSR count). The highest BCUT2D eigenvalue weighted by atomic mass is 16.8. The van der Waals surface area contributed by atoms with Gasteiger partial charge in [0.25, 0.3) is 0 Å². The number of carbonyl (C=O) groups is 1. The highest BCUT2D eigenvalue weighted by Gasteiger charge is 2.75. The van der Waals surface area contributed by atoms with Gasteiger partial charge in [0.05, 0.1) is 93.2 Å². The van der Waals surface area contributed by atoms with Crippen LogP contribution in [0.4, 0.5) is 0 Å². The van der Waals surface area contributed by atoms with E-state index in [2.05, 4.69) is 26.7 Å². The molecule has 11 aliphatic heterocycles. The van der Waals surface area contributed by atoms with Crippen molar-refractivity contribution in [2.24, 2.45) is 11.8 Å². The van der Waals surface area contributed by atoms with Crippen LogP contribution < -0.4 is 0 Å². The summed E-state index contributed by atoms with van der Waals surface area (Å²) in [5.74, 6) is -3.51. The molecular weight excluding hydrogens is 805 g/mol. The highest BCUT2D eigenvalue weighted by Crippen LogP contribution is 2.59. The van der Waals surface area contributed by atoms with Crippen LogP contribution in [0.15, 0.2) is 37.0 Å². The Balaban J connectivity index is 0.749. The van der Waals surface area contributed by atoms with Crippen LogP contribution in [0.5, 0.6) is 0 Å². The Bertz CT molecular complexity index is 1720. The lowest BCUT2D eigenvalue weighted by molar-refractivity contribution is -0.355. The van der Waals surface area contributed by atoms with Gasteiger partial charge in [0.2, 0.25) is 5.79 Å². The van der Waals surface area contributed by atoms with Gasteiger partial charge in [-0.2, -0.15) is 0 Å². The molecule has 0 aromatic heterocycles. The van der Waals surface area contributed by atoms with Crippen molar-refractivity contribution < 1.29 is 71.8 Å². The first-order valence-corrected chi connectivity index (χ1v) is 23.4. The second kappa shape index (κ2) is 16.8. The Morgan fingerprint density at radius 1 is 0.806 bits per heavy atom. The van der Waals surface area contributed by atoms with E-state index in [0.717, 1.165) is 36.8 Å². The first-order chi connectivity index (χ1) is 29.6. The van der Waals surface area contributed by atoms with Crippen LogP contribution in [0.2, 0.25) is 0 Å². The highest BCUT2D eigenvalue weighted by molar-refractivity contribution is 5.67. The molecule has 0 aliphatic carbocycles. The van der Waals surface area contributed by atoms with E-state index in [0.29, 0.717) is 51.6 Å². The number of fused-ring (bicyclic) bond motifs is 3. The molecule has 11 aliphatic rings. The molecule has 15 heteroatoms. The van der Waals surface area contributed by atoms with Gasteiger partial charge in [0, 0.05) is 25.2 Å². The molecule has 11 fully saturated rings. The van der Waals surface area contributed by atoms with Crippen LogP contribution in [0.3, 0.4) is 0 Å². The SMILES string of the molecule is C=CCOC12C[C@]3(CC[C@H]4CC(=C)C(CCC5C[C@@H](C)C(=C)C(C[C@@H]6O[C@H]7C[C@H]8OC(C)(C)OC[C@H]8O[C@H]7[C@H](C)[C@H]6O)O5)O4)O[C@H]4[C@H]5OC(CC(=O)O)CC[C@@H]5OC([C@H]4O1)[C@@H]2O3. The van der Waals surface area contributed by atoms with Crippen molar-refractivity contribution in [3.63, 3.8) is 0 Å². The van der Waals surface area contributed by atoms with Gasteiger partial charge in [-0.25, -0.2) is 0 Å². The fourth-order valence-corrected chi connectivity index (χ4v) is 12.5. The van der Waals surface area contributed by atoms with Crippen molar-refractivity contribution in [1.82, 2.24) is 0 Å². The molecule has 6 bridgehead atoms. The van der Waals surface area contributed by atoms with Gasteiger partial charge in [-0.3, -0.25) is 4.79 Å². The summed E-state index contributed by atoms with van der Waals surface area (Å²) in [5.41, 5.74) is 2.11. The fourth-order valence-electron chi connectivity index (χ4n) is 12.5. The summed E-state index contributed by atoms with van der Waals surface area (Å²) < 4.78 is 78.6. The first kappa shape index (κ1) is 44.0. The van der Waals surface area contributed by atoms with Crippen LogP contribution in [-0.2, 0) is 61.6 Å². The minimum absolute atomic E-state index is 0.00125. The third-order valence-electron chi connectivity index (χ3n) is 15.7. The number of rotatable bonds is 13. The zero-order valence-electron chi connectivity index (χ0n) is 36.8. The Labute approximate surface area is 365 Å². The summed E-state index contributed by atoms with van der Waals surface area (Å²) >= 11 is 0. The maximum Gasteiger partial charge on any atom is 0.305 e. The molecule has 6 unspecified atom stereocenters. The normalized spacial score (nSPS) is 51.3. The number of carboxylic acids is 1. The van der Waals surface area contributed by atoms with Crippen molar-refractivity contribution in [2.45, 2.75) is 226 Å². The van der Waals surface area contributed by atoms with E-state index >= 15 is 0 Å². The average molecular weight is 873 g/mol. The van der Waals surface area contributed by atoms with Gasteiger partial charge in [0.15, 0.2) is 11.6 Å². The summed E-state index contributed by atoms with van der Waals surface area (Å²) in [6.45, 7) is 21.6. The number of aliphatic hydroxyl groups excluding tert-OH is 1. The van der Waals surface area contributed by atoms with Gasteiger partial charge in [-0.1, -0.05) is 33.1 Å². The van der Waals surface area contributed by atoms with Crippen molar-refractivity contribution in [1.29, 1.82) is 0 Å². The molecule has 346 valence electrons. The lowest BCUT2D eigenvalue weighted by Crippen LogP contribution is -2.63. The Hall–Kier alpha value is -1.83. The van der Waals surface area contributed by atoms with Crippen LogP contribution >= 0.6 is 0 Å². The molecule has 62 heavy (non-hydrogen) atoms. The standard InChI is InChI=1S/C47H68O15/c1-8-15-51-47-22-46(60-41-40-31(12-10-28(55-40)18-37(48)49)57-43(42(41)61-47)44(47)62-46)14-13-29-17-24(3)30(53-29)11-9-27-16-23(2)25(4)32(54-27)19-34-38(50)26(5)39-35(56-34)20-33-36(58-39)21-52-45(6,7)59-33/h8,23,26-36,38-44,50H,1,3-4,9-22H2,2,5-7H3,(H,48,49)/t23-,26-,27?,28?,29+,30?,31+,32?,33-,34+,35+,36-,38-,39+,40+,41+,42+,43?,44+,46-,47?/m1/s1. The molecule has 11 saturated heterocycles. The van der Waals surface area contributed by atoms with Crippen molar-refractivity contribution in [2.75, 3.05) is 13.2 Å². The number of ether oxygens (including phenoxy) is 12. The number of carboxylic acid groups (broad SMARTS) is 1. The fraction of sp³-hybridized carbons (Fsp3) is 0.851. The van der Waals surface area contributed by atoms with E-state index < -0.39 is 72.2 Å². The second-order valence-corrected chi connectivity index (χ2v) is 20.5. The number of aliphatic carboxylic acids is 1. The van der Waals surface area contributed by atoms with E-state index in [1.54, 1.807) is 6.08 Å². The third-order valence-corrected chi connectivity index (χ3v) is 15.7. The minimum atomic E-state index is -1.05. The van der Waals surface area contributed by atoms with Crippen LogP contribution in [0.25, 0.3) is 0 Å². The van der Waals surface area contributed by atoms with Crippen LogP contribution in [-0.4, -0.2) is 151 Å². The van der Waals surface area contributed by atoms with Gasteiger partial charge in [0.1, 0.15) is 36.6 Å². The zero-order valence-corrected chi connectivity index (χ0v) is 36.8. The van der Waals surface area contributed by atoms with E-state index in [1.165, 1.54) is 0 Å². The molecule has 0 radical (unpaired) electrons. The monoisotopic (exact) mass is 872 g/mol. The maximum atomic E-state index is 11.6. The predicted octanol–water partition coefficient (Wildman–Crippen LogP) is 5.05. The summed E-state index contributed by atoms with van der Waals surface area (Å²) in [7, 11) is 0. The average Bonchev–Trinajstić information content (AvgIpc) is 3.78. The Morgan fingerprint density at radius 2 is 1.60 bits per heavy atom. The van der Waals surface area contributed by atoms with E-state index in [-0.39, 0.29) is 79.8 Å². The minimum Gasteiger partial charge on any atom is -0.481 e. The first-order valence-electron chi connectivity index (χ1n) is 23.4. The van der Waals surface area contributed by atoms with Crippen LogP contribution in [0.1, 0.15) is 105 Å². The molecule has 21 atom stereocenters. The predicted molar refractivity (Wildman–Crippen MR) is 219 cm³/mol. The smallest absolute Gasteiger partial charge is 0.305 e. The molecule has 0 amide bonds. The Kier molecular flexibility index (Phi) is 11.9. The van der Waals surface area contributed by atoms with Crippen molar-refractivity contribution >= 4 is 5.97 Å². The molecule has 0 aromatic carbocycles. The largest absolute Gasteiger partial charge is 0.481 e. The van der Waals surface area contributed by atoms with Gasteiger partial charge in [-0.05, 0) is 75.9 Å². The maximum absolute atomic E-state index is 11.6. The summed E-state index contributed by atoms with van der Waals surface area (Å²) in [6.07, 6.45) is 3.60. The lowest BCUT2D eigenvalue weighted by atomic mass is 9.79. The molecule has 15 nitrogen and oxygen atoms in total. The third kappa shape index (κ3) is 8.10. The molecule has 0 spiro atoms. The zero-order chi connectivity index (χ0) is 43.3.